The summed E-state index contributed by atoms with van der Waals surface area (Å²) in [6, 6.07) is 10.8. The number of hydrogen-bond acceptors (Lipinski definition) is 5. The SMILES string of the molecule is O=S(=O)(c1ccsc1CC=Cc1ccc2c(c1)OCO2)n1cccc1. The van der Waals surface area contributed by atoms with Gasteiger partial charge in [0.05, 0.1) is 0 Å². The lowest BCUT2D eigenvalue weighted by Crippen LogP contribution is -2.11. The molecule has 0 aliphatic carbocycles. The molecule has 7 heteroatoms. The molecule has 2 aromatic heterocycles. The topological polar surface area (TPSA) is 57.5 Å². The number of rotatable bonds is 5. The lowest BCUT2D eigenvalue weighted by molar-refractivity contribution is 0.174. The molecule has 1 aliphatic rings. The first-order valence-corrected chi connectivity index (χ1v) is 9.98. The van der Waals surface area contributed by atoms with Crippen LogP contribution in [0.25, 0.3) is 6.08 Å². The number of nitrogens with zero attached hydrogens (tertiary/aromatic N) is 1. The third-order valence-corrected chi connectivity index (χ3v) is 6.66. The van der Waals surface area contributed by atoms with Gasteiger partial charge in [0.25, 0.3) is 10.0 Å². The molecule has 0 atom stereocenters. The number of fused-ring (bicyclic) bond motifs is 1. The second kappa shape index (κ2) is 6.42. The highest BCUT2D eigenvalue weighted by molar-refractivity contribution is 7.90. The van der Waals surface area contributed by atoms with E-state index in [2.05, 4.69) is 0 Å². The second-order valence-electron chi connectivity index (χ2n) is 5.45. The van der Waals surface area contributed by atoms with Gasteiger partial charge in [0.15, 0.2) is 11.5 Å². The average molecular weight is 373 g/mol. The summed E-state index contributed by atoms with van der Waals surface area (Å²) in [7, 11) is -3.53. The van der Waals surface area contributed by atoms with E-state index >= 15 is 0 Å². The van der Waals surface area contributed by atoms with Crippen LogP contribution in [-0.4, -0.2) is 19.2 Å². The molecule has 0 radical (unpaired) electrons. The van der Waals surface area contributed by atoms with E-state index in [9.17, 15) is 8.42 Å². The van der Waals surface area contributed by atoms with Crippen molar-refractivity contribution in [1.82, 2.24) is 3.97 Å². The van der Waals surface area contributed by atoms with Gasteiger partial charge in [-0.25, -0.2) is 12.4 Å². The lowest BCUT2D eigenvalue weighted by Gasteiger charge is -2.05. The number of thiophene rings is 1. The Balaban J connectivity index is 1.54. The molecule has 3 aromatic rings. The Morgan fingerprint density at radius 3 is 2.76 bits per heavy atom. The minimum absolute atomic E-state index is 0.248. The standard InChI is InChI=1S/C18H15NO4S2/c20-25(21,19-9-1-2-10-19)18-8-11-24-17(18)5-3-4-14-6-7-15-16(12-14)23-13-22-15/h1-4,6-12H,5,13H2. The zero-order valence-electron chi connectivity index (χ0n) is 13.2. The zero-order valence-corrected chi connectivity index (χ0v) is 14.8. The van der Waals surface area contributed by atoms with Crippen LogP contribution >= 0.6 is 11.3 Å². The molecule has 3 heterocycles. The van der Waals surface area contributed by atoms with Crippen LogP contribution in [0.2, 0.25) is 0 Å². The van der Waals surface area contributed by atoms with Crippen LogP contribution in [0.1, 0.15) is 10.4 Å². The van der Waals surface area contributed by atoms with Crippen molar-refractivity contribution in [3.63, 3.8) is 0 Å². The molecule has 1 aliphatic heterocycles. The summed E-state index contributed by atoms with van der Waals surface area (Å²) in [6.07, 6.45) is 7.53. The Kier molecular flexibility index (Phi) is 4.10. The maximum atomic E-state index is 12.7. The summed E-state index contributed by atoms with van der Waals surface area (Å²) < 4.78 is 37.2. The van der Waals surface area contributed by atoms with Crippen molar-refractivity contribution < 1.29 is 17.9 Å². The molecule has 0 saturated heterocycles. The highest BCUT2D eigenvalue weighted by atomic mass is 32.2. The van der Waals surface area contributed by atoms with Gasteiger partial charge in [0.1, 0.15) is 4.90 Å². The van der Waals surface area contributed by atoms with E-state index in [1.165, 1.54) is 15.3 Å². The van der Waals surface area contributed by atoms with Gasteiger partial charge in [-0.3, -0.25) is 0 Å². The predicted octanol–water partition coefficient (Wildman–Crippen LogP) is 3.77. The Bertz CT molecular complexity index is 1020. The van der Waals surface area contributed by atoms with E-state index in [4.69, 9.17) is 9.47 Å². The summed E-state index contributed by atoms with van der Waals surface area (Å²) in [5.74, 6) is 1.48. The van der Waals surface area contributed by atoms with Gasteiger partial charge >= 0.3 is 0 Å². The fraction of sp³-hybridized carbons (Fsp3) is 0.111. The van der Waals surface area contributed by atoms with Gasteiger partial charge in [-0.2, -0.15) is 0 Å². The minimum atomic E-state index is -3.53. The third-order valence-electron chi connectivity index (χ3n) is 3.85. The second-order valence-corrected chi connectivity index (χ2v) is 8.26. The maximum absolute atomic E-state index is 12.7. The number of aromatic nitrogens is 1. The molecule has 4 rings (SSSR count). The monoisotopic (exact) mass is 373 g/mol. The van der Waals surface area contributed by atoms with Crippen LogP contribution in [0.15, 0.2) is 65.1 Å². The van der Waals surface area contributed by atoms with Gasteiger partial charge in [0, 0.05) is 23.7 Å². The molecule has 0 saturated carbocycles. The molecule has 0 fully saturated rings. The summed E-state index contributed by atoms with van der Waals surface area (Å²) in [6.45, 7) is 0.248. The maximum Gasteiger partial charge on any atom is 0.268 e. The minimum Gasteiger partial charge on any atom is -0.454 e. The molecule has 128 valence electrons. The fourth-order valence-electron chi connectivity index (χ4n) is 2.62. The van der Waals surface area contributed by atoms with Gasteiger partial charge in [-0.05, 0) is 41.3 Å². The van der Waals surface area contributed by atoms with E-state index in [0.717, 1.165) is 21.9 Å². The van der Waals surface area contributed by atoms with Crippen molar-refractivity contribution >= 4 is 27.4 Å². The van der Waals surface area contributed by atoms with Gasteiger partial charge in [-0.1, -0.05) is 18.2 Å². The Hall–Kier alpha value is -2.51. The van der Waals surface area contributed by atoms with Crippen molar-refractivity contribution in [1.29, 1.82) is 0 Å². The van der Waals surface area contributed by atoms with Crippen molar-refractivity contribution in [3.8, 4) is 11.5 Å². The molecule has 25 heavy (non-hydrogen) atoms. The van der Waals surface area contributed by atoms with Crippen molar-refractivity contribution in [2.45, 2.75) is 11.3 Å². The molecule has 0 unspecified atom stereocenters. The first kappa shape index (κ1) is 16.0. The predicted molar refractivity (Wildman–Crippen MR) is 96.6 cm³/mol. The van der Waals surface area contributed by atoms with Crippen molar-refractivity contribution in [2.24, 2.45) is 0 Å². The van der Waals surface area contributed by atoms with Crippen LogP contribution in [0.5, 0.6) is 11.5 Å². The van der Waals surface area contributed by atoms with E-state index in [0.29, 0.717) is 11.3 Å². The molecule has 0 N–H and O–H groups in total. The van der Waals surface area contributed by atoms with E-state index in [-0.39, 0.29) is 6.79 Å². The van der Waals surface area contributed by atoms with Crippen LogP contribution in [0.3, 0.4) is 0 Å². The number of hydrogen-bond donors (Lipinski definition) is 0. The molecule has 0 bridgehead atoms. The summed E-state index contributed by atoms with van der Waals surface area (Å²) in [4.78, 5) is 1.16. The fourth-order valence-corrected chi connectivity index (χ4v) is 5.21. The van der Waals surface area contributed by atoms with E-state index in [1.807, 2.05) is 30.4 Å². The van der Waals surface area contributed by atoms with Gasteiger partial charge in [-0.15, -0.1) is 11.3 Å². The number of ether oxygens (including phenoxy) is 2. The van der Waals surface area contributed by atoms with Crippen LogP contribution in [0, 0.1) is 0 Å². The average Bonchev–Trinajstić information content (AvgIpc) is 3.35. The van der Waals surface area contributed by atoms with Crippen LogP contribution in [-0.2, 0) is 16.4 Å². The zero-order chi connectivity index (χ0) is 17.3. The molecular formula is C18H15NO4S2. The molecule has 0 spiro atoms. The molecule has 1 aromatic carbocycles. The van der Waals surface area contributed by atoms with E-state index < -0.39 is 10.0 Å². The van der Waals surface area contributed by atoms with Gasteiger partial charge < -0.3 is 9.47 Å². The Labute approximate surface area is 149 Å². The first-order valence-electron chi connectivity index (χ1n) is 7.66. The smallest absolute Gasteiger partial charge is 0.268 e. The number of allylic oxidation sites excluding steroid dienone is 1. The van der Waals surface area contributed by atoms with Gasteiger partial charge in [0.2, 0.25) is 6.79 Å². The molecule has 5 nitrogen and oxygen atoms in total. The Morgan fingerprint density at radius 1 is 1.12 bits per heavy atom. The van der Waals surface area contributed by atoms with Crippen LogP contribution in [0.4, 0.5) is 0 Å². The third kappa shape index (κ3) is 3.08. The normalized spacial score (nSPS) is 13.6. The van der Waals surface area contributed by atoms with Crippen molar-refractivity contribution in [3.05, 3.63) is 70.7 Å². The Morgan fingerprint density at radius 2 is 1.92 bits per heavy atom. The summed E-state index contributed by atoms with van der Waals surface area (Å²) in [5.41, 5.74) is 0.982. The van der Waals surface area contributed by atoms with Crippen molar-refractivity contribution in [2.75, 3.05) is 6.79 Å². The summed E-state index contributed by atoms with van der Waals surface area (Å²) in [5, 5.41) is 1.81. The molecular weight excluding hydrogens is 358 g/mol. The largest absolute Gasteiger partial charge is 0.454 e. The highest BCUT2D eigenvalue weighted by Crippen LogP contribution is 2.33. The summed E-state index contributed by atoms with van der Waals surface area (Å²) >= 11 is 1.44. The highest BCUT2D eigenvalue weighted by Gasteiger charge is 2.20. The van der Waals surface area contributed by atoms with E-state index in [1.54, 1.807) is 36.0 Å². The molecule has 0 amide bonds. The number of benzene rings is 1. The lowest BCUT2D eigenvalue weighted by atomic mass is 10.1. The first-order chi connectivity index (χ1) is 12.1. The quantitative estimate of drug-likeness (QED) is 0.683. The van der Waals surface area contributed by atoms with Crippen LogP contribution < -0.4 is 9.47 Å².